The molecule has 1 saturated heterocycles. The molecular weight excluding hydrogens is 312 g/mol. The van der Waals surface area contributed by atoms with Crippen molar-refractivity contribution in [3.8, 4) is 0 Å². The number of nitrogens with zero attached hydrogens (tertiary/aromatic N) is 1. The molecule has 2 aliphatic rings. The van der Waals surface area contributed by atoms with Crippen LogP contribution in [0.1, 0.15) is 49.4 Å². The number of benzene rings is 1. The van der Waals surface area contributed by atoms with Crippen molar-refractivity contribution in [2.45, 2.75) is 56.0 Å². The highest BCUT2D eigenvalue weighted by Gasteiger charge is 2.32. The molecule has 2 fully saturated rings. The Morgan fingerprint density at radius 2 is 1.78 bits per heavy atom. The van der Waals surface area contributed by atoms with Gasteiger partial charge in [-0.3, -0.25) is 9.69 Å². The van der Waals surface area contributed by atoms with Crippen molar-refractivity contribution in [2.75, 3.05) is 13.1 Å². The van der Waals surface area contributed by atoms with E-state index < -0.39 is 10.0 Å². The van der Waals surface area contributed by atoms with Crippen LogP contribution in [-0.2, 0) is 10.0 Å². The molecule has 1 N–H and O–H groups in total. The van der Waals surface area contributed by atoms with E-state index >= 15 is 0 Å². The van der Waals surface area contributed by atoms with Crippen LogP contribution in [0, 0.1) is 0 Å². The molecule has 1 aromatic rings. The molecule has 23 heavy (non-hydrogen) atoms. The summed E-state index contributed by atoms with van der Waals surface area (Å²) in [6.45, 7) is 3.24. The van der Waals surface area contributed by atoms with Crippen molar-refractivity contribution >= 4 is 15.8 Å². The molecule has 0 spiro atoms. The van der Waals surface area contributed by atoms with Crippen molar-refractivity contribution in [1.82, 2.24) is 9.62 Å². The van der Waals surface area contributed by atoms with Crippen molar-refractivity contribution < 1.29 is 13.2 Å². The third kappa shape index (κ3) is 3.82. The fourth-order valence-corrected chi connectivity index (χ4v) is 4.90. The number of hydrogen-bond donors (Lipinski definition) is 1. The Bertz CT molecular complexity index is 664. The minimum Gasteiger partial charge on any atom is -0.299 e. The summed E-state index contributed by atoms with van der Waals surface area (Å²) in [5.74, 6) is -0.0649. The molecule has 1 saturated carbocycles. The van der Waals surface area contributed by atoms with Gasteiger partial charge in [-0.15, -0.1) is 0 Å². The molecule has 0 radical (unpaired) electrons. The van der Waals surface area contributed by atoms with Gasteiger partial charge < -0.3 is 0 Å². The Morgan fingerprint density at radius 3 is 2.39 bits per heavy atom. The van der Waals surface area contributed by atoms with Crippen molar-refractivity contribution in [2.24, 2.45) is 0 Å². The second-order valence-corrected chi connectivity index (χ2v) is 8.33. The highest BCUT2D eigenvalue weighted by atomic mass is 32.2. The van der Waals surface area contributed by atoms with Crippen LogP contribution >= 0.6 is 0 Å². The average molecular weight is 336 g/mol. The summed E-state index contributed by atoms with van der Waals surface area (Å²) in [6.07, 6.45) is 5.93. The minimum absolute atomic E-state index is 0.0203. The molecule has 6 heteroatoms. The van der Waals surface area contributed by atoms with Crippen molar-refractivity contribution in [1.29, 1.82) is 0 Å². The minimum atomic E-state index is -3.52. The van der Waals surface area contributed by atoms with E-state index in [9.17, 15) is 13.2 Å². The normalized spacial score (nSPS) is 23.4. The fourth-order valence-electron chi connectivity index (χ4n) is 3.64. The standard InChI is InChI=1S/C17H24N2O3S/c1-13(20)14-6-8-17(9-7-14)23(21,22)18-15-10-11-19(12-15)16-4-2-3-5-16/h6-9,15-16,18H,2-5,10-12H2,1H3/t15-/m0/s1. The first kappa shape index (κ1) is 16.6. The Kier molecular flexibility index (Phi) is 4.85. The fraction of sp³-hybridized carbons (Fsp3) is 0.588. The van der Waals surface area contributed by atoms with Crippen LogP contribution in [0.3, 0.4) is 0 Å². The zero-order chi connectivity index (χ0) is 16.4. The van der Waals surface area contributed by atoms with Gasteiger partial charge in [-0.25, -0.2) is 13.1 Å². The van der Waals surface area contributed by atoms with Gasteiger partial charge in [-0.1, -0.05) is 25.0 Å². The highest BCUT2D eigenvalue weighted by molar-refractivity contribution is 7.89. The summed E-state index contributed by atoms with van der Waals surface area (Å²) in [4.78, 5) is 13.9. The monoisotopic (exact) mass is 336 g/mol. The quantitative estimate of drug-likeness (QED) is 0.837. The van der Waals surface area contributed by atoms with Crippen LogP contribution in [0.5, 0.6) is 0 Å². The molecule has 1 aliphatic carbocycles. The van der Waals surface area contributed by atoms with Crippen LogP contribution in [0.15, 0.2) is 29.2 Å². The zero-order valence-corrected chi connectivity index (χ0v) is 14.3. The van der Waals surface area contributed by atoms with Gasteiger partial charge in [0.1, 0.15) is 0 Å². The van der Waals surface area contributed by atoms with Crippen LogP contribution in [0.25, 0.3) is 0 Å². The van der Waals surface area contributed by atoms with Gasteiger partial charge in [0.05, 0.1) is 4.90 Å². The number of carbonyl (C=O) groups excluding carboxylic acids is 1. The summed E-state index contributed by atoms with van der Waals surface area (Å²) in [5, 5.41) is 0. The number of nitrogens with one attached hydrogen (secondary N) is 1. The van der Waals surface area contributed by atoms with E-state index in [1.807, 2.05) is 0 Å². The SMILES string of the molecule is CC(=O)c1ccc(S(=O)(=O)N[C@H]2CCN(C3CCCC3)C2)cc1. The van der Waals surface area contributed by atoms with Gasteiger partial charge in [0.25, 0.3) is 0 Å². The van der Waals surface area contributed by atoms with E-state index in [1.165, 1.54) is 44.7 Å². The van der Waals surface area contributed by atoms with Crippen LogP contribution in [0.2, 0.25) is 0 Å². The largest absolute Gasteiger partial charge is 0.299 e. The van der Waals surface area contributed by atoms with Gasteiger partial charge in [-0.05, 0) is 38.3 Å². The molecule has 1 aliphatic heterocycles. The number of sulfonamides is 1. The van der Waals surface area contributed by atoms with Gasteiger partial charge in [0, 0.05) is 30.7 Å². The number of ketones is 1. The molecule has 5 nitrogen and oxygen atoms in total. The molecule has 1 atom stereocenters. The van der Waals surface area contributed by atoms with E-state index in [2.05, 4.69) is 9.62 Å². The van der Waals surface area contributed by atoms with E-state index in [0.717, 1.165) is 19.5 Å². The molecule has 0 aromatic heterocycles. The van der Waals surface area contributed by atoms with Crippen LogP contribution < -0.4 is 4.72 Å². The van der Waals surface area contributed by atoms with Crippen molar-refractivity contribution in [3.05, 3.63) is 29.8 Å². The van der Waals surface area contributed by atoms with Gasteiger partial charge in [0.15, 0.2) is 5.78 Å². The third-order valence-electron chi connectivity index (χ3n) is 4.95. The predicted octanol–water partition coefficient (Wildman–Crippen LogP) is 2.18. The van der Waals surface area contributed by atoms with Crippen LogP contribution in [0.4, 0.5) is 0 Å². The Balaban J connectivity index is 1.63. The van der Waals surface area contributed by atoms with E-state index in [4.69, 9.17) is 0 Å². The summed E-state index contributed by atoms with van der Waals surface area (Å²) >= 11 is 0. The number of likely N-dealkylation sites (tertiary alicyclic amines) is 1. The second-order valence-electron chi connectivity index (χ2n) is 6.62. The Hall–Kier alpha value is -1.24. The van der Waals surface area contributed by atoms with Gasteiger partial charge in [-0.2, -0.15) is 0 Å². The molecule has 0 amide bonds. The van der Waals surface area contributed by atoms with E-state index in [1.54, 1.807) is 12.1 Å². The van der Waals surface area contributed by atoms with Gasteiger partial charge >= 0.3 is 0 Å². The zero-order valence-electron chi connectivity index (χ0n) is 13.5. The maximum Gasteiger partial charge on any atom is 0.240 e. The highest BCUT2D eigenvalue weighted by Crippen LogP contribution is 2.27. The first-order valence-corrected chi connectivity index (χ1v) is 9.81. The third-order valence-corrected chi connectivity index (χ3v) is 6.49. The lowest BCUT2D eigenvalue weighted by Crippen LogP contribution is -2.39. The van der Waals surface area contributed by atoms with Gasteiger partial charge in [0.2, 0.25) is 10.0 Å². The lowest BCUT2D eigenvalue weighted by atomic mass is 10.2. The Labute approximate surface area is 138 Å². The van der Waals surface area contributed by atoms with Crippen LogP contribution in [-0.4, -0.2) is 44.3 Å². The molecule has 0 unspecified atom stereocenters. The number of Topliss-reactive ketones (excluding diaryl/α,β-unsaturated/α-hetero) is 1. The molecule has 3 rings (SSSR count). The second kappa shape index (κ2) is 6.71. The molecule has 0 bridgehead atoms. The number of hydrogen-bond acceptors (Lipinski definition) is 4. The number of rotatable bonds is 5. The first-order chi connectivity index (χ1) is 11.0. The summed E-state index contributed by atoms with van der Waals surface area (Å²) < 4.78 is 27.8. The maximum atomic E-state index is 12.5. The molecular formula is C17H24N2O3S. The smallest absolute Gasteiger partial charge is 0.240 e. The van der Waals surface area contributed by atoms with E-state index in [-0.39, 0.29) is 16.7 Å². The Morgan fingerprint density at radius 1 is 1.13 bits per heavy atom. The summed E-state index contributed by atoms with van der Waals surface area (Å²) in [7, 11) is -3.52. The first-order valence-electron chi connectivity index (χ1n) is 8.33. The summed E-state index contributed by atoms with van der Waals surface area (Å²) in [6, 6.07) is 6.76. The molecule has 1 aromatic carbocycles. The summed E-state index contributed by atoms with van der Waals surface area (Å²) in [5.41, 5.74) is 0.525. The lowest BCUT2D eigenvalue weighted by molar-refractivity contribution is 0.101. The van der Waals surface area contributed by atoms with E-state index in [0.29, 0.717) is 11.6 Å². The topological polar surface area (TPSA) is 66.5 Å². The predicted molar refractivity (Wildman–Crippen MR) is 89.0 cm³/mol. The molecule has 1 heterocycles. The number of carbonyl (C=O) groups is 1. The lowest BCUT2D eigenvalue weighted by Gasteiger charge is -2.23. The average Bonchev–Trinajstić information content (AvgIpc) is 3.18. The molecule has 126 valence electrons. The van der Waals surface area contributed by atoms with Crippen molar-refractivity contribution in [3.63, 3.8) is 0 Å². The maximum absolute atomic E-state index is 12.5.